The van der Waals surface area contributed by atoms with Crippen molar-refractivity contribution in [1.29, 1.82) is 0 Å². The van der Waals surface area contributed by atoms with Crippen LogP contribution < -0.4 is 51.4 Å². The van der Waals surface area contributed by atoms with E-state index < -0.39 is 21.6 Å². The van der Waals surface area contributed by atoms with Crippen molar-refractivity contribution in [2.45, 2.75) is 20.5 Å². The Bertz CT molecular complexity index is 428. The first-order chi connectivity index (χ1) is 8.11. The fraction of sp³-hybridized carbons (Fsp3) is 0.400. The van der Waals surface area contributed by atoms with E-state index in [0.717, 1.165) is 0 Å². The van der Waals surface area contributed by atoms with E-state index >= 15 is 0 Å². The molecule has 0 aromatic heterocycles. The third-order valence-electron chi connectivity index (χ3n) is 1.63. The van der Waals surface area contributed by atoms with Gasteiger partial charge in [-0.1, -0.05) is 36.7 Å². The van der Waals surface area contributed by atoms with Crippen LogP contribution in [0.1, 0.15) is 19.4 Å². The van der Waals surface area contributed by atoms with E-state index in [1.807, 2.05) is 13.8 Å². The number of nitro groups is 1. The molecular formula is C10H14KNO5S. The Morgan fingerprint density at radius 2 is 1.83 bits per heavy atom. The molecule has 6 nitrogen and oxygen atoms in total. The quantitative estimate of drug-likeness (QED) is 0.314. The van der Waals surface area contributed by atoms with E-state index in [4.69, 9.17) is 4.74 Å². The molecule has 1 aromatic carbocycles. The molecule has 96 valence electrons. The van der Waals surface area contributed by atoms with Gasteiger partial charge < -0.3 is 13.2 Å². The van der Waals surface area contributed by atoms with Gasteiger partial charge >= 0.3 is 51.4 Å². The van der Waals surface area contributed by atoms with Crippen molar-refractivity contribution in [3.8, 4) is 0 Å². The zero-order valence-corrected chi connectivity index (χ0v) is 14.6. The number of benzene rings is 1. The topological polar surface area (TPSA) is 86.5 Å². The van der Waals surface area contributed by atoms with E-state index in [0.29, 0.717) is 5.56 Å². The largest absolute Gasteiger partial charge is 1.00 e. The first-order valence-electron chi connectivity index (χ1n) is 4.97. The van der Waals surface area contributed by atoms with Crippen molar-refractivity contribution in [3.05, 3.63) is 39.9 Å². The van der Waals surface area contributed by atoms with Crippen LogP contribution >= 0.6 is 0 Å². The van der Waals surface area contributed by atoms with Crippen molar-refractivity contribution in [1.82, 2.24) is 0 Å². The third-order valence-corrected chi connectivity index (χ3v) is 1.98. The normalized spacial score (nSPS) is 9.06. The number of hydrogen-bond acceptors (Lipinski definition) is 6. The van der Waals surface area contributed by atoms with Crippen LogP contribution in [0.15, 0.2) is 24.3 Å². The number of hydrogen-bond donors (Lipinski definition) is 0. The Morgan fingerprint density at radius 1 is 1.28 bits per heavy atom. The molecule has 1 rings (SSSR count). The Labute approximate surface area is 150 Å². The molecule has 0 saturated heterocycles. The third kappa shape index (κ3) is 8.30. The summed E-state index contributed by atoms with van der Waals surface area (Å²) in [5, 5.41) is 10.5. The molecule has 0 aliphatic carbocycles. The Morgan fingerprint density at radius 3 is 2.33 bits per heavy atom. The number of nitro benzene ring substituents is 1. The number of nitrogens with zero attached hydrogens (tertiary/aromatic N) is 1. The van der Waals surface area contributed by atoms with Gasteiger partial charge in [-0.2, -0.15) is 0 Å². The molecule has 8 heteroatoms. The minimum Gasteiger partial charge on any atom is -0.422 e. The summed E-state index contributed by atoms with van der Waals surface area (Å²) >= 11 is 0. The molecule has 0 spiro atoms. The van der Waals surface area contributed by atoms with Gasteiger partial charge in [-0.05, 0) is 6.07 Å². The van der Waals surface area contributed by atoms with E-state index in [9.17, 15) is 18.5 Å². The summed E-state index contributed by atoms with van der Waals surface area (Å²) in [4.78, 5) is 10.0. The number of ether oxygens (including phenoxy) is 1. The fourth-order valence-corrected chi connectivity index (χ4v) is 1.25. The molecule has 0 unspecified atom stereocenters. The number of rotatable bonds is 5. The van der Waals surface area contributed by atoms with E-state index in [1.165, 1.54) is 18.2 Å². The van der Waals surface area contributed by atoms with Crippen LogP contribution in [-0.4, -0.2) is 10.9 Å². The van der Waals surface area contributed by atoms with Gasteiger partial charge in [-0.25, -0.2) is 0 Å². The molecule has 18 heavy (non-hydrogen) atoms. The van der Waals surface area contributed by atoms with Gasteiger partial charge in [0.25, 0.3) is 5.69 Å². The molecule has 0 amide bonds. The van der Waals surface area contributed by atoms with Crippen molar-refractivity contribution in [2.75, 3.05) is 5.94 Å². The van der Waals surface area contributed by atoms with Crippen molar-refractivity contribution >= 4 is 16.4 Å². The van der Waals surface area contributed by atoms with Gasteiger partial charge in [0, 0.05) is 12.0 Å². The standard InChI is InChI=1S/C8H8NO5S.C2H6.K/c10-9(11)8-4-2-1-3-7(8)5-14-6-15(12)13;1-2;/h1-4H,5-6H2;1-2H3;/q-1;;+1. The van der Waals surface area contributed by atoms with E-state index in [2.05, 4.69) is 0 Å². The second-order valence-electron chi connectivity index (χ2n) is 2.66. The average molecular weight is 299 g/mol. The summed E-state index contributed by atoms with van der Waals surface area (Å²) < 4.78 is 25.1. The van der Waals surface area contributed by atoms with Gasteiger partial charge in [0.1, 0.15) is 0 Å². The zero-order valence-electron chi connectivity index (χ0n) is 10.6. The van der Waals surface area contributed by atoms with Gasteiger partial charge in [-0.15, -0.1) is 0 Å². The molecule has 0 bridgehead atoms. The van der Waals surface area contributed by atoms with Crippen LogP contribution in [0.5, 0.6) is 0 Å². The van der Waals surface area contributed by atoms with Crippen molar-refractivity contribution in [3.63, 3.8) is 0 Å². The molecule has 0 radical (unpaired) electrons. The summed E-state index contributed by atoms with van der Waals surface area (Å²) in [7, 11) is -2.30. The van der Waals surface area contributed by atoms with Gasteiger partial charge in [0.05, 0.1) is 17.1 Å². The van der Waals surface area contributed by atoms with Crippen LogP contribution in [0, 0.1) is 10.1 Å². The molecule has 0 saturated carbocycles. The summed E-state index contributed by atoms with van der Waals surface area (Å²) in [6.07, 6.45) is 0. The number of para-hydroxylation sites is 1. The van der Waals surface area contributed by atoms with Crippen LogP contribution in [-0.2, 0) is 30.5 Å². The molecule has 0 aliphatic rings. The molecular weight excluding hydrogens is 285 g/mol. The maximum absolute atomic E-state index is 10.5. The first kappa shape index (κ1) is 20.5. The Kier molecular flexibility index (Phi) is 13.9. The van der Waals surface area contributed by atoms with Gasteiger partial charge in [0.2, 0.25) is 0 Å². The minimum atomic E-state index is -2.30. The second-order valence-corrected chi connectivity index (χ2v) is 3.50. The van der Waals surface area contributed by atoms with Crippen molar-refractivity contribution < 1.29 is 69.5 Å². The molecule has 0 N–H and O–H groups in total. The summed E-state index contributed by atoms with van der Waals surface area (Å²) in [5.74, 6) is -0.466. The zero-order chi connectivity index (χ0) is 13.3. The summed E-state index contributed by atoms with van der Waals surface area (Å²) in [5.41, 5.74) is 0.280. The predicted octanol–water partition coefficient (Wildman–Crippen LogP) is -0.592. The summed E-state index contributed by atoms with van der Waals surface area (Å²) in [6, 6.07) is 6.02. The molecule has 1 aromatic rings. The van der Waals surface area contributed by atoms with Gasteiger partial charge in [-0.3, -0.25) is 10.1 Å². The molecule has 0 aliphatic heterocycles. The average Bonchev–Trinajstić information content (AvgIpc) is 2.31. The maximum Gasteiger partial charge on any atom is 1.00 e. The Hall–Kier alpha value is 0.166. The maximum atomic E-state index is 10.5. The minimum absolute atomic E-state index is 0. The van der Waals surface area contributed by atoms with Crippen LogP contribution in [0.25, 0.3) is 0 Å². The van der Waals surface area contributed by atoms with Gasteiger partial charge in [0.15, 0.2) is 0 Å². The van der Waals surface area contributed by atoms with Crippen LogP contribution in [0.2, 0.25) is 0 Å². The monoisotopic (exact) mass is 299 g/mol. The molecule has 0 atom stereocenters. The molecule has 0 heterocycles. The van der Waals surface area contributed by atoms with Crippen molar-refractivity contribution in [2.24, 2.45) is 0 Å². The smallest absolute Gasteiger partial charge is 0.422 e. The Balaban J connectivity index is 0. The predicted molar refractivity (Wildman–Crippen MR) is 62.8 cm³/mol. The fourth-order valence-electron chi connectivity index (χ4n) is 1.03. The van der Waals surface area contributed by atoms with E-state index in [-0.39, 0.29) is 63.7 Å². The van der Waals surface area contributed by atoms with E-state index in [1.54, 1.807) is 6.07 Å². The first-order valence-corrected chi connectivity index (χ1v) is 6.21. The SMILES string of the molecule is CC.O=[N+]([O-])c1ccccc1COC[S-](=O)=O.[K+]. The van der Waals surface area contributed by atoms with Crippen LogP contribution in [0.3, 0.4) is 0 Å². The second kappa shape index (κ2) is 12.2. The van der Waals surface area contributed by atoms with Crippen LogP contribution in [0.4, 0.5) is 5.69 Å². The molecule has 0 fully saturated rings. The summed E-state index contributed by atoms with van der Waals surface area (Å²) in [6.45, 7) is 3.91.